The predicted molar refractivity (Wildman–Crippen MR) is 73.6 cm³/mol. The number of rotatable bonds is 4. The van der Waals surface area contributed by atoms with Crippen LogP contribution in [0.1, 0.15) is 42.9 Å². The van der Waals surface area contributed by atoms with E-state index in [2.05, 4.69) is 36.5 Å². The lowest BCUT2D eigenvalue weighted by atomic mass is 9.95. The van der Waals surface area contributed by atoms with E-state index in [0.29, 0.717) is 12.1 Å². The molecular weight excluding hydrogens is 222 g/mol. The zero-order valence-corrected chi connectivity index (χ0v) is 11.2. The van der Waals surface area contributed by atoms with E-state index in [1.165, 1.54) is 24.0 Å². The van der Waals surface area contributed by atoms with Gasteiger partial charge in [0.25, 0.3) is 0 Å². The minimum Gasteiger partial charge on any atom is -0.381 e. The Hall–Kier alpha value is -0.860. The standard InChI is InChI=1S/C16H23NO/c1-12-4-2-3-5-15(12)16(13-6-7-13)17-14-8-10-18-11-9-14/h2-5,13-14,16-17H,6-11H2,1H3/t16-/m0/s1. The number of ether oxygens (including phenoxy) is 1. The largest absolute Gasteiger partial charge is 0.381 e. The molecule has 1 saturated carbocycles. The second kappa shape index (κ2) is 5.41. The van der Waals surface area contributed by atoms with Crippen LogP contribution in [0.25, 0.3) is 0 Å². The first-order valence-corrected chi connectivity index (χ1v) is 7.24. The minimum absolute atomic E-state index is 0.564. The first-order valence-electron chi connectivity index (χ1n) is 7.24. The fraction of sp³-hybridized carbons (Fsp3) is 0.625. The van der Waals surface area contributed by atoms with Gasteiger partial charge in [0, 0.05) is 25.3 Å². The third-order valence-corrected chi connectivity index (χ3v) is 4.25. The summed E-state index contributed by atoms with van der Waals surface area (Å²) < 4.78 is 5.45. The van der Waals surface area contributed by atoms with Gasteiger partial charge in [-0.1, -0.05) is 24.3 Å². The Morgan fingerprint density at radius 2 is 1.83 bits per heavy atom. The normalized spacial score (nSPS) is 22.9. The monoisotopic (exact) mass is 245 g/mol. The Kier molecular flexibility index (Phi) is 3.67. The van der Waals surface area contributed by atoms with Crippen molar-refractivity contribution in [3.63, 3.8) is 0 Å². The van der Waals surface area contributed by atoms with Crippen molar-refractivity contribution in [2.45, 2.75) is 44.7 Å². The Morgan fingerprint density at radius 1 is 1.11 bits per heavy atom. The van der Waals surface area contributed by atoms with E-state index in [0.717, 1.165) is 32.0 Å². The van der Waals surface area contributed by atoms with E-state index < -0.39 is 0 Å². The number of hydrogen-bond donors (Lipinski definition) is 1. The average molecular weight is 245 g/mol. The SMILES string of the molecule is Cc1ccccc1[C@@H](NC1CCOCC1)C1CC1. The highest BCUT2D eigenvalue weighted by Crippen LogP contribution is 2.42. The van der Waals surface area contributed by atoms with Crippen molar-refractivity contribution >= 4 is 0 Å². The van der Waals surface area contributed by atoms with Crippen molar-refractivity contribution in [1.82, 2.24) is 5.32 Å². The Balaban J connectivity index is 1.73. The smallest absolute Gasteiger partial charge is 0.0480 e. The molecule has 1 aliphatic carbocycles. The van der Waals surface area contributed by atoms with Crippen LogP contribution in [0.2, 0.25) is 0 Å². The summed E-state index contributed by atoms with van der Waals surface area (Å²) in [6, 6.07) is 10.0. The molecule has 1 N–H and O–H groups in total. The van der Waals surface area contributed by atoms with E-state index in [1.807, 2.05) is 0 Å². The maximum Gasteiger partial charge on any atom is 0.0480 e. The van der Waals surface area contributed by atoms with Gasteiger partial charge in [0.2, 0.25) is 0 Å². The Bertz CT molecular complexity index is 394. The highest BCUT2D eigenvalue weighted by molar-refractivity contribution is 5.30. The molecule has 2 heteroatoms. The molecule has 1 aromatic rings. The number of hydrogen-bond acceptors (Lipinski definition) is 2. The second-order valence-electron chi connectivity index (χ2n) is 5.73. The molecule has 0 bridgehead atoms. The predicted octanol–water partition coefficient (Wildman–Crippen LogP) is 3.21. The van der Waals surface area contributed by atoms with E-state index in [-0.39, 0.29) is 0 Å². The van der Waals surface area contributed by atoms with Gasteiger partial charge in [0.1, 0.15) is 0 Å². The fourth-order valence-corrected chi connectivity index (χ4v) is 2.96. The molecule has 2 nitrogen and oxygen atoms in total. The maximum atomic E-state index is 5.45. The number of aryl methyl sites for hydroxylation is 1. The third-order valence-electron chi connectivity index (χ3n) is 4.25. The van der Waals surface area contributed by atoms with Gasteiger partial charge in [-0.15, -0.1) is 0 Å². The number of benzene rings is 1. The molecule has 0 amide bonds. The molecule has 0 unspecified atom stereocenters. The van der Waals surface area contributed by atoms with E-state index in [9.17, 15) is 0 Å². The Morgan fingerprint density at radius 3 is 2.50 bits per heavy atom. The molecule has 2 aliphatic rings. The zero-order valence-electron chi connectivity index (χ0n) is 11.2. The molecule has 0 aromatic heterocycles. The van der Waals surface area contributed by atoms with Gasteiger partial charge in [-0.05, 0) is 49.7 Å². The van der Waals surface area contributed by atoms with Gasteiger partial charge >= 0.3 is 0 Å². The summed E-state index contributed by atoms with van der Waals surface area (Å²) >= 11 is 0. The van der Waals surface area contributed by atoms with Crippen molar-refractivity contribution in [2.75, 3.05) is 13.2 Å². The van der Waals surface area contributed by atoms with Crippen LogP contribution in [0.15, 0.2) is 24.3 Å². The van der Waals surface area contributed by atoms with Crippen LogP contribution in [0.5, 0.6) is 0 Å². The van der Waals surface area contributed by atoms with Crippen LogP contribution in [0.4, 0.5) is 0 Å². The van der Waals surface area contributed by atoms with Crippen molar-refractivity contribution < 1.29 is 4.74 Å². The van der Waals surface area contributed by atoms with Crippen molar-refractivity contribution in [1.29, 1.82) is 0 Å². The zero-order chi connectivity index (χ0) is 12.4. The first-order chi connectivity index (χ1) is 8.84. The number of nitrogens with one attached hydrogen (secondary N) is 1. The van der Waals surface area contributed by atoms with Crippen molar-refractivity contribution in [3.05, 3.63) is 35.4 Å². The molecule has 0 radical (unpaired) electrons. The summed E-state index contributed by atoms with van der Waals surface area (Å²) in [7, 11) is 0. The summed E-state index contributed by atoms with van der Waals surface area (Å²) in [5.74, 6) is 0.856. The van der Waals surface area contributed by atoms with Crippen LogP contribution in [0.3, 0.4) is 0 Å². The van der Waals surface area contributed by atoms with Crippen LogP contribution in [-0.2, 0) is 4.74 Å². The first kappa shape index (κ1) is 12.2. The van der Waals surface area contributed by atoms with Crippen LogP contribution >= 0.6 is 0 Å². The molecule has 1 heterocycles. The Labute approximate surface area is 110 Å². The molecule has 1 aliphatic heterocycles. The van der Waals surface area contributed by atoms with Gasteiger partial charge in [-0.2, -0.15) is 0 Å². The minimum atomic E-state index is 0.564. The lowest BCUT2D eigenvalue weighted by Gasteiger charge is -2.29. The third kappa shape index (κ3) is 2.76. The van der Waals surface area contributed by atoms with Crippen LogP contribution in [-0.4, -0.2) is 19.3 Å². The van der Waals surface area contributed by atoms with Gasteiger partial charge in [-0.3, -0.25) is 0 Å². The van der Waals surface area contributed by atoms with Crippen LogP contribution < -0.4 is 5.32 Å². The fourth-order valence-electron chi connectivity index (χ4n) is 2.96. The van der Waals surface area contributed by atoms with Gasteiger partial charge in [0.05, 0.1) is 0 Å². The van der Waals surface area contributed by atoms with E-state index >= 15 is 0 Å². The van der Waals surface area contributed by atoms with E-state index in [1.54, 1.807) is 0 Å². The molecule has 1 aromatic carbocycles. The molecular formula is C16H23NO. The summed E-state index contributed by atoms with van der Waals surface area (Å²) in [6.45, 7) is 4.07. The second-order valence-corrected chi connectivity index (χ2v) is 5.73. The van der Waals surface area contributed by atoms with E-state index in [4.69, 9.17) is 4.74 Å². The maximum absolute atomic E-state index is 5.45. The summed E-state index contributed by atoms with van der Waals surface area (Å²) in [5.41, 5.74) is 2.93. The van der Waals surface area contributed by atoms with Gasteiger partial charge in [0.15, 0.2) is 0 Å². The summed E-state index contributed by atoms with van der Waals surface area (Å²) in [4.78, 5) is 0. The molecule has 18 heavy (non-hydrogen) atoms. The lowest BCUT2D eigenvalue weighted by molar-refractivity contribution is 0.0739. The molecule has 1 saturated heterocycles. The topological polar surface area (TPSA) is 21.3 Å². The quantitative estimate of drug-likeness (QED) is 0.879. The summed E-state index contributed by atoms with van der Waals surface area (Å²) in [5, 5.41) is 3.90. The van der Waals surface area contributed by atoms with Crippen LogP contribution in [0, 0.1) is 12.8 Å². The molecule has 1 atom stereocenters. The average Bonchev–Trinajstić information content (AvgIpc) is 3.23. The molecule has 3 rings (SSSR count). The highest BCUT2D eigenvalue weighted by Gasteiger charge is 2.34. The van der Waals surface area contributed by atoms with Crippen molar-refractivity contribution in [3.8, 4) is 0 Å². The lowest BCUT2D eigenvalue weighted by Crippen LogP contribution is -2.38. The van der Waals surface area contributed by atoms with Gasteiger partial charge < -0.3 is 10.1 Å². The van der Waals surface area contributed by atoms with Crippen molar-refractivity contribution in [2.24, 2.45) is 5.92 Å². The molecule has 98 valence electrons. The highest BCUT2D eigenvalue weighted by atomic mass is 16.5. The molecule has 2 fully saturated rings. The molecule has 0 spiro atoms. The van der Waals surface area contributed by atoms with Gasteiger partial charge in [-0.25, -0.2) is 0 Å². The summed E-state index contributed by atoms with van der Waals surface area (Å²) in [6.07, 6.45) is 5.09.